The fourth-order valence-electron chi connectivity index (χ4n) is 4.29. The Balaban J connectivity index is 1.27. The van der Waals surface area contributed by atoms with Crippen molar-refractivity contribution in [1.29, 1.82) is 0 Å². The maximum atomic E-state index is 12.7. The molecule has 1 aliphatic heterocycles. The number of nitrogens with one attached hydrogen (secondary N) is 1. The molecule has 2 aromatic rings. The summed E-state index contributed by atoms with van der Waals surface area (Å²) in [4.78, 5) is 31.7. The van der Waals surface area contributed by atoms with Gasteiger partial charge in [-0.05, 0) is 32.1 Å². The second kappa shape index (κ2) is 9.05. The van der Waals surface area contributed by atoms with Gasteiger partial charge < -0.3 is 15.3 Å². The average Bonchev–Trinajstić information content (AvgIpc) is 3.44. The molecule has 4 rings (SSSR count). The Kier molecular flexibility index (Phi) is 6.25. The number of rotatable bonds is 5. The fraction of sp³-hybridized carbons (Fsp3) is 0.500. The molecule has 1 saturated carbocycles. The number of thiazole rings is 1. The zero-order valence-electron chi connectivity index (χ0n) is 16.4. The predicted molar refractivity (Wildman–Crippen MR) is 113 cm³/mol. The second-order valence-electron chi connectivity index (χ2n) is 8.05. The lowest BCUT2D eigenvalue weighted by Crippen LogP contribution is -2.41. The van der Waals surface area contributed by atoms with Gasteiger partial charge in [-0.3, -0.25) is 9.59 Å². The van der Waals surface area contributed by atoms with E-state index in [1.807, 2.05) is 40.6 Å². The Bertz CT molecular complexity index is 846. The topological polar surface area (TPSA) is 82.5 Å². The molecule has 1 aromatic heterocycles. The lowest BCUT2D eigenvalue weighted by Gasteiger charge is -2.30. The van der Waals surface area contributed by atoms with Gasteiger partial charge in [-0.25, -0.2) is 4.98 Å². The van der Waals surface area contributed by atoms with Crippen LogP contribution in [0, 0.1) is 11.8 Å². The standard InChI is InChI=1S/C22H27N3O3S/c26-13-15-10-11-25(12-15)22(28)17-6-8-18(9-7-17)23-20(27)21-24-19(14-29-21)16-4-2-1-3-5-16/h1-5,14-15,17-18,26H,6-13H2,(H,23,27). The van der Waals surface area contributed by atoms with Crippen molar-refractivity contribution in [2.24, 2.45) is 11.8 Å². The van der Waals surface area contributed by atoms with E-state index in [2.05, 4.69) is 10.3 Å². The van der Waals surface area contributed by atoms with Gasteiger partial charge >= 0.3 is 0 Å². The molecule has 1 saturated heterocycles. The molecular weight excluding hydrogens is 386 g/mol. The Labute approximate surface area is 175 Å². The summed E-state index contributed by atoms with van der Waals surface area (Å²) in [5, 5.41) is 14.8. The molecule has 0 spiro atoms. The zero-order valence-corrected chi connectivity index (χ0v) is 17.2. The van der Waals surface area contributed by atoms with E-state index < -0.39 is 0 Å². The Morgan fingerprint density at radius 1 is 1.14 bits per heavy atom. The van der Waals surface area contributed by atoms with Gasteiger partial charge in [-0.2, -0.15) is 0 Å². The summed E-state index contributed by atoms with van der Waals surface area (Å²) < 4.78 is 0. The van der Waals surface area contributed by atoms with E-state index in [1.54, 1.807) is 0 Å². The first-order valence-corrected chi connectivity index (χ1v) is 11.2. The van der Waals surface area contributed by atoms with Crippen LogP contribution in [-0.4, -0.2) is 52.5 Å². The number of aromatic nitrogens is 1. The highest BCUT2D eigenvalue weighted by atomic mass is 32.1. The summed E-state index contributed by atoms with van der Waals surface area (Å²) in [6.45, 7) is 1.60. The monoisotopic (exact) mass is 413 g/mol. The molecule has 29 heavy (non-hydrogen) atoms. The highest BCUT2D eigenvalue weighted by Gasteiger charge is 2.33. The van der Waals surface area contributed by atoms with E-state index in [-0.39, 0.29) is 36.3 Å². The normalized spacial score (nSPS) is 24.4. The van der Waals surface area contributed by atoms with Crippen LogP contribution >= 0.6 is 11.3 Å². The molecule has 0 radical (unpaired) electrons. The lowest BCUT2D eigenvalue weighted by molar-refractivity contribution is -0.135. The van der Waals surface area contributed by atoms with Crippen LogP contribution in [0.5, 0.6) is 0 Å². The molecule has 1 aliphatic carbocycles. The minimum absolute atomic E-state index is 0.0464. The van der Waals surface area contributed by atoms with Crippen LogP contribution in [0.4, 0.5) is 0 Å². The Morgan fingerprint density at radius 3 is 2.59 bits per heavy atom. The third-order valence-electron chi connectivity index (χ3n) is 6.04. The highest BCUT2D eigenvalue weighted by molar-refractivity contribution is 7.12. The van der Waals surface area contributed by atoms with Crippen molar-refractivity contribution in [2.45, 2.75) is 38.1 Å². The molecule has 2 amide bonds. The molecule has 1 aromatic carbocycles. The molecule has 154 valence electrons. The number of nitrogens with zero attached hydrogens (tertiary/aromatic N) is 2. The van der Waals surface area contributed by atoms with Crippen LogP contribution in [0.3, 0.4) is 0 Å². The smallest absolute Gasteiger partial charge is 0.280 e. The van der Waals surface area contributed by atoms with Crippen LogP contribution in [-0.2, 0) is 4.79 Å². The van der Waals surface area contributed by atoms with E-state index in [0.29, 0.717) is 11.6 Å². The van der Waals surface area contributed by atoms with Crippen LogP contribution < -0.4 is 5.32 Å². The molecule has 2 N–H and O–H groups in total. The first-order chi connectivity index (χ1) is 14.1. The zero-order chi connectivity index (χ0) is 20.2. The quantitative estimate of drug-likeness (QED) is 0.790. The summed E-state index contributed by atoms with van der Waals surface area (Å²) in [6.07, 6.45) is 4.13. The number of aliphatic hydroxyl groups is 1. The molecule has 7 heteroatoms. The van der Waals surface area contributed by atoms with E-state index in [1.165, 1.54) is 11.3 Å². The molecule has 1 atom stereocenters. The van der Waals surface area contributed by atoms with Crippen molar-refractivity contribution in [3.8, 4) is 11.3 Å². The number of hydrogen-bond acceptors (Lipinski definition) is 5. The number of amides is 2. The molecule has 2 heterocycles. The van der Waals surface area contributed by atoms with Gasteiger partial charge in [0.2, 0.25) is 5.91 Å². The minimum Gasteiger partial charge on any atom is -0.396 e. The van der Waals surface area contributed by atoms with E-state index >= 15 is 0 Å². The number of benzene rings is 1. The first kappa shape index (κ1) is 20.0. The van der Waals surface area contributed by atoms with Gasteiger partial charge in [0.15, 0.2) is 5.01 Å². The number of carbonyl (C=O) groups excluding carboxylic acids is 2. The van der Waals surface area contributed by atoms with Crippen molar-refractivity contribution in [3.63, 3.8) is 0 Å². The van der Waals surface area contributed by atoms with Crippen molar-refractivity contribution in [1.82, 2.24) is 15.2 Å². The van der Waals surface area contributed by atoms with Gasteiger partial charge in [-0.15, -0.1) is 11.3 Å². The number of hydrogen-bond donors (Lipinski definition) is 2. The summed E-state index contributed by atoms with van der Waals surface area (Å²) in [5.41, 5.74) is 1.83. The van der Waals surface area contributed by atoms with Crippen LogP contribution in [0.1, 0.15) is 41.9 Å². The Hall–Kier alpha value is -2.25. The van der Waals surface area contributed by atoms with Crippen molar-refractivity contribution >= 4 is 23.2 Å². The highest BCUT2D eigenvalue weighted by Crippen LogP contribution is 2.29. The summed E-state index contributed by atoms with van der Waals surface area (Å²) in [6, 6.07) is 9.94. The summed E-state index contributed by atoms with van der Waals surface area (Å²) in [7, 11) is 0. The van der Waals surface area contributed by atoms with E-state index in [0.717, 1.165) is 49.9 Å². The van der Waals surface area contributed by atoms with Crippen LogP contribution in [0.15, 0.2) is 35.7 Å². The predicted octanol–water partition coefficient (Wildman–Crippen LogP) is 2.94. The van der Waals surface area contributed by atoms with Gasteiger partial charge in [-0.1, -0.05) is 30.3 Å². The van der Waals surface area contributed by atoms with Crippen molar-refractivity contribution in [3.05, 3.63) is 40.7 Å². The minimum atomic E-state index is -0.128. The van der Waals surface area contributed by atoms with Crippen LogP contribution in [0.25, 0.3) is 11.3 Å². The lowest BCUT2D eigenvalue weighted by atomic mass is 9.85. The number of carbonyl (C=O) groups is 2. The van der Waals surface area contributed by atoms with Crippen molar-refractivity contribution in [2.75, 3.05) is 19.7 Å². The first-order valence-electron chi connectivity index (χ1n) is 10.4. The summed E-state index contributed by atoms with van der Waals surface area (Å²) in [5.74, 6) is 0.370. The molecule has 1 unspecified atom stereocenters. The molecule has 6 nitrogen and oxygen atoms in total. The molecule has 0 bridgehead atoms. The molecular formula is C22H27N3O3S. The van der Waals surface area contributed by atoms with Gasteiger partial charge in [0.05, 0.1) is 5.69 Å². The SMILES string of the molecule is O=C(NC1CCC(C(=O)N2CCC(CO)C2)CC1)c1nc(-c2ccccc2)cs1. The fourth-order valence-corrected chi connectivity index (χ4v) is 5.02. The van der Waals surface area contributed by atoms with Gasteiger partial charge in [0.25, 0.3) is 5.91 Å². The van der Waals surface area contributed by atoms with Crippen LogP contribution in [0.2, 0.25) is 0 Å². The van der Waals surface area contributed by atoms with Crippen molar-refractivity contribution < 1.29 is 14.7 Å². The molecule has 2 aliphatic rings. The van der Waals surface area contributed by atoms with Gasteiger partial charge in [0.1, 0.15) is 0 Å². The number of aliphatic hydroxyl groups excluding tert-OH is 1. The summed E-state index contributed by atoms with van der Waals surface area (Å²) >= 11 is 1.36. The third-order valence-corrected chi connectivity index (χ3v) is 6.88. The average molecular weight is 414 g/mol. The number of likely N-dealkylation sites (tertiary alicyclic amines) is 1. The van der Waals surface area contributed by atoms with E-state index in [9.17, 15) is 14.7 Å². The maximum absolute atomic E-state index is 12.7. The largest absolute Gasteiger partial charge is 0.396 e. The maximum Gasteiger partial charge on any atom is 0.280 e. The van der Waals surface area contributed by atoms with E-state index in [4.69, 9.17) is 0 Å². The van der Waals surface area contributed by atoms with Gasteiger partial charge in [0, 0.05) is 48.5 Å². The molecule has 2 fully saturated rings. The third kappa shape index (κ3) is 4.67. The second-order valence-corrected chi connectivity index (χ2v) is 8.91. The Morgan fingerprint density at radius 2 is 1.90 bits per heavy atom.